The van der Waals surface area contributed by atoms with Gasteiger partial charge in [0.15, 0.2) is 0 Å². The number of hydrogen-bond acceptors (Lipinski definition) is 5. The predicted octanol–water partition coefficient (Wildman–Crippen LogP) is 4.45. The first-order chi connectivity index (χ1) is 14.5. The highest BCUT2D eigenvalue weighted by molar-refractivity contribution is 8.26. The van der Waals surface area contributed by atoms with Crippen molar-refractivity contribution in [1.82, 2.24) is 9.47 Å². The zero-order chi connectivity index (χ0) is 21.3. The molecule has 2 heterocycles. The van der Waals surface area contributed by atoms with E-state index in [0.717, 1.165) is 23.0 Å². The molecule has 0 bridgehead atoms. The number of thioether (sulfide) groups is 1. The van der Waals surface area contributed by atoms with Crippen molar-refractivity contribution >= 4 is 57.2 Å². The molecule has 7 heteroatoms. The number of methoxy groups -OCH3 is 1. The predicted molar refractivity (Wildman–Crippen MR) is 124 cm³/mol. The van der Waals surface area contributed by atoms with Crippen LogP contribution in [0.1, 0.15) is 18.1 Å². The summed E-state index contributed by atoms with van der Waals surface area (Å²) in [5, 5.41) is 1.06. The summed E-state index contributed by atoms with van der Waals surface area (Å²) < 4.78 is 7.30. The molecule has 0 N–H and O–H groups in total. The number of para-hydroxylation sites is 1. The summed E-state index contributed by atoms with van der Waals surface area (Å²) >= 11 is 6.56. The Balaban J connectivity index is 1.70. The van der Waals surface area contributed by atoms with Crippen molar-refractivity contribution < 1.29 is 14.3 Å². The van der Waals surface area contributed by atoms with Crippen LogP contribution in [0.2, 0.25) is 0 Å². The lowest BCUT2D eigenvalue weighted by molar-refractivity contribution is -0.147. The summed E-state index contributed by atoms with van der Waals surface area (Å²) in [5.74, 6) is -0.769. The number of thiocarbonyl (C=S) groups is 1. The van der Waals surface area contributed by atoms with Gasteiger partial charge in [-0.2, -0.15) is 0 Å². The topological polar surface area (TPSA) is 51.5 Å². The maximum atomic E-state index is 13.0. The molecule has 1 unspecified atom stereocenters. The molecule has 1 aromatic heterocycles. The molecule has 0 aliphatic carbocycles. The first-order valence-corrected chi connectivity index (χ1v) is 10.7. The van der Waals surface area contributed by atoms with E-state index < -0.39 is 12.0 Å². The molecule has 3 aromatic rings. The number of rotatable bonds is 5. The van der Waals surface area contributed by atoms with Crippen molar-refractivity contribution in [2.45, 2.75) is 19.5 Å². The van der Waals surface area contributed by atoms with Crippen molar-refractivity contribution in [3.63, 3.8) is 0 Å². The number of carbonyl (C=O) groups excluding carboxylic acids is 2. The first kappa shape index (κ1) is 20.4. The Labute approximate surface area is 184 Å². The Kier molecular flexibility index (Phi) is 5.74. The van der Waals surface area contributed by atoms with Crippen LogP contribution in [0, 0.1) is 0 Å². The maximum absolute atomic E-state index is 13.0. The second-order valence-corrected chi connectivity index (χ2v) is 8.64. The van der Waals surface area contributed by atoms with Gasteiger partial charge in [0.25, 0.3) is 5.91 Å². The Morgan fingerprint density at radius 1 is 1.17 bits per heavy atom. The number of esters is 1. The van der Waals surface area contributed by atoms with Crippen LogP contribution in [0.4, 0.5) is 0 Å². The van der Waals surface area contributed by atoms with Crippen molar-refractivity contribution in [2.75, 3.05) is 7.11 Å². The van der Waals surface area contributed by atoms with Crippen LogP contribution >= 0.6 is 24.0 Å². The highest BCUT2D eigenvalue weighted by Gasteiger charge is 2.38. The Morgan fingerprint density at radius 2 is 1.87 bits per heavy atom. The van der Waals surface area contributed by atoms with Crippen LogP contribution in [0.15, 0.2) is 65.7 Å². The molecular formula is C23H20N2O3S2. The molecule has 1 aliphatic rings. The van der Waals surface area contributed by atoms with Gasteiger partial charge < -0.3 is 9.30 Å². The molecule has 0 radical (unpaired) electrons. The standard InChI is InChI=1S/C23H20N2O3S2/c1-15(22(27)28-2)25-21(26)20(30-23(25)29)12-17-14-24(13-16-8-4-3-5-9-16)19-11-7-6-10-18(17)19/h3-12,14-15H,13H2,1-2H3/b20-12+. The van der Waals surface area contributed by atoms with Crippen LogP contribution in [0.5, 0.6) is 0 Å². The minimum Gasteiger partial charge on any atom is -0.467 e. The van der Waals surface area contributed by atoms with Crippen molar-refractivity contribution in [3.8, 4) is 0 Å². The van der Waals surface area contributed by atoms with Gasteiger partial charge >= 0.3 is 5.97 Å². The van der Waals surface area contributed by atoms with E-state index in [1.54, 1.807) is 6.92 Å². The molecule has 30 heavy (non-hydrogen) atoms. The smallest absolute Gasteiger partial charge is 0.328 e. The van der Waals surface area contributed by atoms with E-state index in [0.29, 0.717) is 9.23 Å². The molecule has 1 atom stereocenters. The summed E-state index contributed by atoms with van der Waals surface area (Å²) in [6.45, 7) is 2.35. The second-order valence-electron chi connectivity index (χ2n) is 6.97. The van der Waals surface area contributed by atoms with Crippen LogP contribution in [0.25, 0.3) is 17.0 Å². The molecule has 0 saturated carbocycles. The number of ether oxygens (including phenoxy) is 1. The molecule has 5 nitrogen and oxygen atoms in total. The summed E-state index contributed by atoms with van der Waals surface area (Å²) in [4.78, 5) is 26.7. The number of nitrogens with zero attached hydrogens (tertiary/aromatic N) is 2. The second kappa shape index (κ2) is 8.45. The quantitative estimate of drug-likeness (QED) is 0.336. The number of amides is 1. The van der Waals surface area contributed by atoms with E-state index in [-0.39, 0.29) is 5.91 Å². The Bertz CT molecular complexity index is 1170. The maximum Gasteiger partial charge on any atom is 0.328 e. The van der Waals surface area contributed by atoms with Gasteiger partial charge in [-0.15, -0.1) is 0 Å². The molecule has 1 amide bonds. The van der Waals surface area contributed by atoms with Crippen LogP contribution in [0.3, 0.4) is 0 Å². The van der Waals surface area contributed by atoms with E-state index in [9.17, 15) is 9.59 Å². The minimum atomic E-state index is -0.757. The van der Waals surface area contributed by atoms with E-state index in [2.05, 4.69) is 22.8 Å². The molecule has 1 fully saturated rings. The molecule has 152 valence electrons. The lowest BCUT2D eigenvalue weighted by Crippen LogP contribution is -2.42. The number of fused-ring (bicyclic) bond motifs is 1. The van der Waals surface area contributed by atoms with Crippen molar-refractivity contribution in [3.05, 3.63) is 76.8 Å². The van der Waals surface area contributed by atoms with E-state index in [4.69, 9.17) is 17.0 Å². The Morgan fingerprint density at radius 3 is 2.60 bits per heavy atom. The fraction of sp³-hybridized carbons (Fsp3) is 0.174. The van der Waals surface area contributed by atoms with Crippen molar-refractivity contribution in [2.24, 2.45) is 0 Å². The summed E-state index contributed by atoms with van der Waals surface area (Å²) in [5.41, 5.74) is 3.22. The average molecular weight is 437 g/mol. The number of benzene rings is 2. The fourth-order valence-corrected chi connectivity index (χ4v) is 4.94. The van der Waals surface area contributed by atoms with E-state index >= 15 is 0 Å². The van der Waals surface area contributed by atoms with Gasteiger partial charge in [-0.1, -0.05) is 72.5 Å². The van der Waals surface area contributed by atoms with Gasteiger partial charge in [0.05, 0.1) is 12.0 Å². The molecule has 1 aliphatic heterocycles. The van der Waals surface area contributed by atoms with E-state index in [1.165, 1.54) is 29.3 Å². The molecule has 2 aromatic carbocycles. The monoisotopic (exact) mass is 436 g/mol. The average Bonchev–Trinajstić information content (AvgIpc) is 3.24. The highest BCUT2D eigenvalue weighted by Crippen LogP contribution is 2.35. The summed E-state index contributed by atoms with van der Waals surface area (Å²) in [6, 6.07) is 17.6. The molecule has 0 spiro atoms. The van der Waals surface area contributed by atoms with Gasteiger partial charge in [-0.25, -0.2) is 4.79 Å². The van der Waals surface area contributed by atoms with Crippen LogP contribution < -0.4 is 0 Å². The van der Waals surface area contributed by atoms with Gasteiger partial charge in [0, 0.05) is 29.2 Å². The number of aromatic nitrogens is 1. The number of hydrogen-bond donors (Lipinski definition) is 0. The van der Waals surface area contributed by atoms with Crippen LogP contribution in [-0.4, -0.2) is 38.8 Å². The van der Waals surface area contributed by atoms with Gasteiger partial charge in [0.1, 0.15) is 10.4 Å². The van der Waals surface area contributed by atoms with E-state index in [1.807, 2.05) is 48.7 Å². The zero-order valence-electron chi connectivity index (χ0n) is 16.6. The van der Waals surface area contributed by atoms with Gasteiger partial charge in [-0.05, 0) is 24.6 Å². The van der Waals surface area contributed by atoms with Crippen molar-refractivity contribution in [1.29, 1.82) is 0 Å². The summed E-state index contributed by atoms with van der Waals surface area (Å²) in [7, 11) is 1.30. The fourth-order valence-electron chi connectivity index (χ4n) is 3.53. The van der Waals surface area contributed by atoms with Gasteiger partial charge in [-0.3, -0.25) is 9.69 Å². The zero-order valence-corrected chi connectivity index (χ0v) is 18.2. The number of carbonyl (C=O) groups is 2. The van der Waals surface area contributed by atoms with Gasteiger partial charge in [0.2, 0.25) is 0 Å². The molecule has 4 rings (SSSR count). The lowest BCUT2D eigenvalue weighted by Gasteiger charge is -2.20. The third-order valence-electron chi connectivity index (χ3n) is 5.05. The molecular weight excluding hydrogens is 416 g/mol. The largest absolute Gasteiger partial charge is 0.467 e. The highest BCUT2D eigenvalue weighted by atomic mass is 32.2. The summed E-state index contributed by atoms with van der Waals surface area (Å²) in [6.07, 6.45) is 3.90. The van der Waals surface area contributed by atoms with Crippen LogP contribution in [-0.2, 0) is 20.9 Å². The first-order valence-electron chi connectivity index (χ1n) is 9.46. The Hall–Kier alpha value is -2.90. The molecule has 1 saturated heterocycles. The SMILES string of the molecule is COC(=O)C(C)N1C(=O)/C(=C\c2cn(Cc3ccccc3)c3ccccc23)SC1=S. The third-order valence-corrected chi connectivity index (χ3v) is 6.39. The minimum absolute atomic E-state index is 0.275. The lowest BCUT2D eigenvalue weighted by atomic mass is 10.1. The normalized spacial score (nSPS) is 16.5. The third kappa shape index (κ3) is 3.78.